The molecule has 2 aliphatic rings. The molecule has 0 unspecified atom stereocenters. The third-order valence-corrected chi connectivity index (χ3v) is 5.72. The molecule has 27 heavy (non-hydrogen) atoms. The molecular formula is C21H31FN2O3. The zero-order chi connectivity index (χ0) is 19.0. The SMILES string of the molecule is O=C(CCCOc1ccccc1F)NCC1(N2CCOCC2)CCCCC1. The number of ether oxygens (including phenoxy) is 2. The van der Waals surface area contributed by atoms with Gasteiger partial charge in [-0.1, -0.05) is 31.4 Å². The number of nitrogens with one attached hydrogen (secondary N) is 1. The maximum Gasteiger partial charge on any atom is 0.220 e. The first kappa shape index (κ1) is 20.1. The molecule has 3 rings (SSSR count). The molecule has 5 nitrogen and oxygen atoms in total. The van der Waals surface area contributed by atoms with Crippen LogP contribution in [-0.2, 0) is 9.53 Å². The van der Waals surface area contributed by atoms with Gasteiger partial charge in [0.2, 0.25) is 5.91 Å². The molecule has 0 spiro atoms. The van der Waals surface area contributed by atoms with Gasteiger partial charge >= 0.3 is 0 Å². The summed E-state index contributed by atoms with van der Waals surface area (Å²) in [6.07, 6.45) is 6.99. The summed E-state index contributed by atoms with van der Waals surface area (Å²) in [5.41, 5.74) is 0.0847. The van der Waals surface area contributed by atoms with Gasteiger partial charge in [0.1, 0.15) is 0 Å². The Morgan fingerprint density at radius 2 is 1.93 bits per heavy atom. The molecule has 6 heteroatoms. The second-order valence-corrected chi connectivity index (χ2v) is 7.54. The molecule has 2 fully saturated rings. The van der Waals surface area contributed by atoms with E-state index >= 15 is 0 Å². The molecule has 1 amide bonds. The Labute approximate surface area is 161 Å². The van der Waals surface area contributed by atoms with Gasteiger partial charge in [0.05, 0.1) is 19.8 Å². The predicted octanol–water partition coefficient (Wildman–Crippen LogP) is 3.14. The minimum absolute atomic E-state index is 0.0466. The number of para-hydroxylation sites is 1. The summed E-state index contributed by atoms with van der Waals surface area (Å²) in [7, 11) is 0. The molecule has 0 aromatic heterocycles. The first-order valence-electron chi connectivity index (χ1n) is 10.2. The van der Waals surface area contributed by atoms with Crippen LogP contribution >= 0.6 is 0 Å². The highest BCUT2D eigenvalue weighted by molar-refractivity contribution is 5.75. The van der Waals surface area contributed by atoms with Gasteiger partial charge in [-0.2, -0.15) is 0 Å². The molecule has 1 N–H and O–H groups in total. The summed E-state index contributed by atoms with van der Waals surface area (Å²) in [6, 6.07) is 6.34. The molecule has 1 heterocycles. The number of amides is 1. The van der Waals surface area contributed by atoms with Crippen LogP contribution in [-0.4, -0.2) is 55.8 Å². The average molecular weight is 378 g/mol. The van der Waals surface area contributed by atoms with Gasteiger partial charge in [0.25, 0.3) is 0 Å². The van der Waals surface area contributed by atoms with Crippen molar-refractivity contribution in [3.63, 3.8) is 0 Å². The molecule has 0 radical (unpaired) electrons. The minimum Gasteiger partial charge on any atom is -0.491 e. The topological polar surface area (TPSA) is 50.8 Å². The monoisotopic (exact) mass is 378 g/mol. The van der Waals surface area contributed by atoms with Gasteiger partial charge in [-0.25, -0.2) is 4.39 Å². The first-order chi connectivity index (χ1) is 13.2. The predicted molar refractivity (Wildman–Crippen MR) is 102 cm³/mol. The van der Waals surface area contributed by atoms with E-state index in [1.807, 2.05) is 0 Å². The number of hydrogen-bond acceptors (Lipinski definition) is 4. The summed E-state index contributed by atoms with van der Waals surface area (Å²) >= 11 is 0. The Morgan fingerprint density at radius 3 is 2.67 bits per heavy atom. The van der Waals surface area contributed by atoms with Crippen molar-refractivity contribution in [2.24, 2.45) is 0 Å². The minimum atomic E-state index is -0.369. The smallest absolute Gasteiger partial charge is 0.220 e. The summed E-state index contributed by atoms with van der Waals surface area (Å²) in [5.74, 6) is -0.0802. The van der Waals surface area contributed by atoms with Gasteiger partial charge < -0.3 is 14.8 Å². The van der Waals surface area contributed by atoms with E-state index in [9.17, 15) is 9.18 Å². The third kappa shape index (κ3) is 5.66. The molecule has 0 bridgehead atoms. The van der Waals surface area contributed by atoms with E-state index in [2.05, 4.69) is 10.2 Å². The van der Waals surface area contributed by atoms with E-state index in [0.29, 0.717) is 26.0 Å². The summed E-state index contributed by atoms with van der Waals surface area (Å²) in [4.78, 5) is 14.8. The number of carbonyl (C=O) groups is 1. The van der Waals surface area contributed by atoms with Crippen LogP contribution in [0.2, 0.25) is 0 Å². The van der Waals surface area contributed by atoms with Gasteiger partial charge in [0.15, 0.2) is 11.6 Å². The second kappa shape index (κ2) is 10.0. The number of benzene rings is 1. The molecule has 1 aliphatic heterocycles. The Balaban J connectivity index is 1.41. The number of hydrogen-bond donors (Lipinski definition) is 1. The zero-order valence-electron chi connectivity index (χ0n) is 16.1. The van der Waals surface area contributed by atoms with E-state index in [1.165, 1.54) is 25.3 Å². The Kier molecular flexibility index (Phi) is 7.47. The van der Waals surface area contributed by atoms with E-state index in [0.717, 1.165) is 39.1 Å². The highest BCUT2D eigenvalue weighted by Crippen LogP contribution is 2.33. The first-order valence-corrected chi connectivity index (χ1v) is 10.2. The maximum absolute atomic E-state index is 13.5. The highest BCUT2D eigenvalue weighted by Gasteiger charge is 2.38. The largest absolute Gasteiger partial charge is 0.491 e. The van der Waals surface area contributed by atoms with Crippen molar-refractivity contribution >= 4 is 5.91 Å². The summed E-state index contributed by atoms with van der Waals surface area (Å²) in [6.45, 7) is 4.51. The molecule has 1 saturated carbocycles. The van der Waals surface area contributed by atoms with Gasteiger partial charge in [-0.15, -0.1) is 0 Å². The molecule has 150 valence electrons. The number of halogens is 1. The Morgan fingerprint density at radius 1 is 1.19 bits per heavy atom. The average Bonchev–Trinajstić information content (AvgIpc) is 2.72. The van der Waals surface area contributed by atoms with E-state index in [1.54, 1.807) is 18.2 Å². The number of nitrogens with zero attached hydrogens (tertiary/aromatic N) is 1. The van der Waals surface area contributed by atoms with Gasteiger partial charge in [0, 0.05) is 31.6 Å². The van der Waals surface area contributed by atoms with E-state index < -0.39 is 0 Å². The van der Waals surface area contributed by atoms with Crippen molar-refractivity contribution in [3.05, 3.63) is 30.1 Å². The van der Waals surface area contributed by atoms with Crippen LogP contribution in [0.5, 0.6) is 5.75 Å². The molecule has 0 atom stereocenters. The Hall–Kier alpha value is -1.66. The van der Waals surface area contributed by atoms with Crippen molar-refractivity contribution < 1.29 is 18.7 Å². The molecule has 1 saturated heterocycles. The van der Waals surface area contributed by atoms with Crippen LogP contribution in [0.3, 0.4) is 0 Å². The Bertz CT molecular complexity index is 599. The van der Waals surface area contributed by atoms with Crippen molar-refractivity contribution in [2.75, 3.05) is 39.5 Å². The van der Waals surface area contributed by atoms with Crippen LogP contribution in [0.1, 0.15) is 44.9 Å². The van der Waals surface area contributed by atoms with Crippen LogP contribution in [0, 0.1) is 5.82 Å². The highest BCUT2D eigenvalue weighted by atomic mass is 19.1. The molecule has 1 aromatic carbocycles. The lowest BCUT2D eigenvalue weighted by atomic mass is 9.79. The lowest BCUT2D eigenvalue weighted by Crippen LogP contribution is -2.59. The number of rotatable bonds is 8. The fraction of sp³-hybridized carbons (Fsp3) is 0.667. The van der Waals surface area contributed by atoms with Crippen molar-refractivity contribution in [3.8, 4) is 5.75 Å². The normalized spacial score (nSPS) is 20.2. The van der Waals surface area contributed by atoms with Crippen LogP contribution in [0.25, 0.3) is 0 Å². The quantitative estimate of drug-likeness (QED) is 0.706. The fourth-order valence-electron chi connectivity index (χ4n) is 4.18. The second-order valence-electron chi connectivity index (χ2n) is 7.54. The zero-order valence-corrected chi connectivity index (χ0v) is 16.1. The van der Waals surface area contributed by atoms with Crippen molar-refractivity contribution in [1.29, 1.82) is 0 Å². The summed E-state index contributed by atoms with van der Waals surface area (Å²) < 4.78 is 24.4. The molecular weight excluding hydrogens is 347 g/mol. The van der Waals surface area contributed by atoms with Crippen molar-refractivity contribution in [1.82, 2.24) is 10.2 Å². The van der Waals surface area contributed by atoms with Crippen LogP contribution < -0.4 is 10.1 Å². The number of carbonyl (C=O) groups excluding carboxylic acids is 1. The lowest BCUT2D eigenvalue weighted by molar-refractivity contribution is -0.122. The van der Waals surface area contributed by atoms with Crippen LogP contribution in [0.4, 0.5) is 4.39 Å². The third-order valence-electron chi connectivity index (χ3n) is 5.72. The fourth-order valence-corrected chi connectivity index (χ4v) is 4.18. The van der Waals surface area contributed by atoms with Crippen molar-refractivity contribution in [2.45, 2.75) is 50.5 Å². The molecule has 1 aliphatic carbocycles. The standard InChI is InChI=1S/C21H31FN2O3/c22-18-7-2-3-8-19(18)27-14-6-9-20(25)23-17-21(10-4-1-5-11-21)24-12-15-26-16-13-24/h2-3,7-8H,1,4-6,9-17H2,(H,23,25). The lowest BCUT2D eigenvalue weighted by Gasteiger charge is -2.48. The van der Waals surface area contributed by atoms with Gasteiger partial charge in [-0.05, 0) is 31.4 Å². The van der Waals surface area contributed by atoms with Crippen LogP contribution in [0.15, 0.2) is 24.3 Å². The molecule has 1 aromatic rings. The van der Waals surface area contributed by atoms with E-state index in [-0.39, 0.29) is 23.0 Å². The number of morpholine rings is 1. The maximum atomic E-state index is 13.5. The van der Waals surface area contributed by atoms with Gasteiger partial charge in [-0.3, -0.25) is 9.69 Å². The summed E-state index contributed by atoms with van der Waals surface area (Å²) in [5, 5.41) is 3.15. The van der Waals surface area contributed by atoms with E-state index in [4.69, 9.17) is 9.47 Å².